The van der Waals surface area contributed by atoms with Crippen molar-refractivity contribution < 1.29 is 4.84 Å². The zero-order valence-corrected chi connectivity index (χ0v) is 13.8. The van der Waals surface area contributed by atoms with Crippen LogP contribution in [0.1, 0.15) is 65.5 Å². The molecule has 116 valence electrons. The van der Waals surface area contributed by atoms with Crippen molar-refractivity contribution in [2.45, 2.75) is 71.1 Å². The van der Waals surface area contributed by atoms with Crippen LogP contribution in [0, 0.1) is 5.53 Å². The van der Waals surface area contributed by atoms with Gasteiger partial charge in [-0.15, -0.1) is 0 Å². The third-order valence-corrected chi connectivity index (χ3v) is 4.43. The summed E-state index contributed by atoms with van der Waals surface area (Å²) in [5, 5.41) is 5.62. The van der Waals surface area contributed by atoms with Gasteiger partial charge in [0.1, 0.15) is 6.10 Å². The maximum atomic E-state index is 7.02. The van der Waals surface area contributed by atoms with Crippen molar-refractivity contribution in [2.75, 3.05) is 0 Å². The average molecular weight is 289 g/mol. The van der Waals surface area contributed by atoms with Gasteiger partial charge in [0.05, 0.1) is 5.69 Å². The molecule has 0 aliphatic carbocycles. The lowest BCUT2D eigenvalue weighted by Crippen LogP contribution is -2.58. The normalized spacial score (nSPS) is 22.7. The number of benzene rings is 1. The summed E-state index contributed by atoms with van der Waals surface area (Å²) in [6.45, 7) is 11.1. The van der Waals surface area contributed by atoms with Gasteiger partial charge in [0, 0.05) is 11.1 Å². The van der Waals surface area contributed by atoms with E-state index in [1.165, 1.54) is 6.42 Å². The quantitative estimate of drug-likeness (QED) is 0.756. The van der Waals surface area contributed by atoms with Crippen LogP contribution in [-0.2, 0) is 4.84 Å². The van der Waals surface area contributed by atoms with Crippen molar-refractivity contribution >= 4 is 5.69 Å². The smallest absolute Gasteiger partial charge is 0.102 e. The van der Waals surface area contributed by atoms with Crippen LogP contribution in [0.25, 0.3) is 0 Å². The summed E-state index contributed by atoms with van der Waals surface area (Å²) >= 11 is 0. The van der Waals surface area contributed by atoms with Gasteiger partial charge in [-0.1, -0.05) is 12.1 Å². The van der Waals surface area contributed by atoms with Gasteiger partial charge in [-0.05, 0) is 71.6 Å². The highest BCUT2D eigenvalue weighted by atomic mass is 16.7. The molecule has 0 saturated carbocycles. The SMILES string of the molecule is CC(ON1C(C)(C)CCCC1(C)C)c1ccc(N=N)cc1. The number of piperidine rings is 1. The third kappa shape index (κ3) is 3.50. The summed E-state index contributed by atoms with van der Waals surface area (Å²) in [6.07, 6.45) is 3.54. The van der Waals surface area contributed by atoms with E-state index in [2.05, 4.69) is 44.8 Å². The Labute approximate surface area is 128 Å². The molecule has 0 radical (unpaired) electrons. The predicted octanol–water partition coefficient (Wildman–Crippen LogP) is 5.38. The summed E-state index contributed by atoms with van der Waals surface area (Å²) in [5.41, 5.74) is 8.89. The highest BCUT2D eigenvalue weighted by Crippen LogP contribution is 2.40. The molecule has 1 aromatic carbocycles. The van der Waals surface area contributed by atoms with Gasteiger partial charge in [-0.25, -0.2) is 5.53 Å². The Balaban J connectivity index is 2.15. The van der Waals surface area contributed by atoms with Gasteiger partial charge < -0.3 is 0 Å². The molecule has 1 N–H and O–H groups in total. The summed E-state index contributed by atoms with van der Waals surface area (Å²) in [4.78, 5) is 6.34. The average Bonchev–Trinajstić information content (AvgIpc) is 2.42. The van der Waals surface area contributed by atoms with E-state index in [9.17, 15) is 0 Å². The Morgan fingerprint density at radius 1 is 1.10 bits per heavy atom. The molecule has 1 saturated heterocycles. The van der Waals surface area contributed by atoms with Crippen molar-refractivity contribution in [2.24, 2.45) is 5.11 Å². The monoisotopic (exact) mass is 289 g/mol. The number of nitrogens with zero attached hydrogens (tertiary/aromatic N) is 2. The first-order chi connectivity index (χ1) is 9.76. The van der Waals surface area contributed by atoms with Crippen LogP contribution in [0.3, 0.4) is 0 Å². The van der Waals surface area contributed by atoms with Crippen molar-refractivity contribution in [3.8, 4) is 0 Å². The van der Waals surface area contributed by atoms with Crippen LogP contribution in [0.15, 0.2) is 29.4 Å². The Morgan fingerprint density at radius 3 is 2.10 bits per heavy atom. The Morgan fingerprint density at radius 2 is 1.62 bits per heavy atom. The molecule has 1 aromatic rings. The Bertz CT molecular complexity index is 477. The predicted molar refractivity (Wildman–Crippen MR) is 84.6 cm³/mol. The molecule has 21 heavy (non-hydrogen) atoms. The maximum Gasteiger partial charge on any atom is 0.102 e. The van der Waals surface area contributed by atoms with Crippen LogP contribution in [0.4, 0.5) is 5.69 Å². The summed E-state index contributed by atoms with van der Waals surface area (Å²) in [5.74, 6) is 0. The van der Waals surface area contributed by atoms with Gasteiger partial charge in [0.25, 0.3) is 0 Å². The lowest BCUT2D eigenvalue weighted by Gasteiger charge is -2.52. The van der Waals surface area contributed by atoms with Crippen molar-refractivity contribution in [1.29, 1.82) is 5.53 Å². The molecule has 0 amide bonds. The van der Waals surface area contributed by atoms with E-state index in [0.717, 1.165) is 18.4 Å². The molecule has 0 spiro atoms. The molecule has 1 heterocycles. The molecular weight excluding hydrogens is 262 g/mol. The van der Waals surface area contributed by atoms with Gasteiger partial charge in [0.2, 0.25) is 0 Å². The fourth-order valence-electron chi connectivity index (χ4n) is 3.30. The first kappa shape index (κ1) is 16.1. The van der Waals surface area contributed by atoms with Crippen LogP contribution in [0.5, 0.6) is 0 Å². The zero-order valence-electron chi connectivity index (χ0n) is 13.8. The second-order valence-corrected chi connectivity index (χ2v) is 7.22. The molecule has 1 atom stereocenters. The summed E-state index contributed by atoms with van der Waals surface area (Å²) in [6, 6.07) is 7.69. The number of hydroxylamine groups is 2. The highest BCUT2D eigenvalue weighted by molar-refractivity contribution is 5.38. The molecule has 1 aliphatic rings. The topological polar surface area (TPSA) is 48.7 Å². The second-order valence-electron chi connectivity index (χ2n) is 7.22. The molecular formula is C17H27N3O. The van der Waals surface area contributed by atoms with E-state index < -0.39 is 0 Å². The van der Waals surface area contributed by atoms with E-state index >= 15 is 0 Å². The molecule has 4 nitrogen and oxygen atoms in total. The van der Waals surface area contributed by atoms with Crippen molar-refractivity contribution in [3.63, 3.8) is 0 Å². The van der Waals surface area contributed by atoms with E-state index in [-0.39, 0.29) is 17.2 Å². The fourth-order valence-corrected chi connectivity index (χ4v) is 3.30. The molecule has 1 aliphatic heterocycles. The molecule has 0 bridgehead atoms. The van der Waals surface area contributed by atoms with Gasteiger partial charge in [0.15, 0.2) is 0 Å². The molecule has 1 fully saturated rings. The fraction of sp³-hybridized carbons (Fsp3) is 0.647. The molecule has 2 rings (SSSR count). The Hall–Kier alpha value is -1.26. The molecule has 4 heteroatoms. The Kier molecular flexibility index (Phi) is 4.49. The van der Waals surface area contributed by atoms with Crippen LogP contribution >= 0.6 is 0 Å². The van der Waals surface area contributed by atoms with Gasteiger partial charge in [-0.2, -0.15) is 10.2 Å². The van der Waals surface area contributed by atoms with E-state index in [0.29, 0.717) is 5.69 Å². The molecule has 0 aromatic heterocycles. The second kappa shape index (κ2) is 5.85. The lowest BCUT2D eigenvalue weighted by molar-refractivity contribution is -0.304. The van der Waals surface area contributed by atoms with E-state index in [4.69, 9.17) is 10.4 Å². The first-order valence-corrected chi connectivity index (χ1v) is 7.71. The number of rotatable bonds is 4. The third-order valence-electron chi connectivity index (χ3n) is 4.43. The van der Waals surface area contributed by atoms with Gasteiger partial charge in [-0.3, -0.25) is 4.84 Å². The minimum absolute atomic E-state index is 0.0126. The van der Waals surface area contributed by atoms with E-state index in [1.54, 1.807) is 0 Å². The zero-order chi connectivity index (χ0) is 15.7. The molecule has 1 unspecified atom stereocenters. The van der Waals surface area contributed by atoms with Crippen LogP contribution < -0.4 is 0 Å². The highest BCUT2D eigenvalue weighted by Gasteiger charge is 2.43. The number of nitrogens with one attached hydrogen (secondary N) is 1. The minimum Gasteiger partial charge on any atom is -0.290 e. The summed E-state index contributed by atoms with van der Waals surface area (Å²) in [7, 11) is 0. The first-order valence-electron chi connectivity index (χ1n) is 7.71. The lowest BCUT2D eigenvalue weighted by atomic mass is 9.82. The number of hydrogen-bond donors (Lipinski definition) is 1. The van der Waals surface area contributed by atoms with Crippen molar-refractivity contribution in [3.05, 3.63) is 29.8 Å². The van der Waals surface area contributed by atoms with E-state index in [1.807, 2.05) is 24.3 Å². The minimum atomic E-state index is -0.0126. The van der Waals surface area contributed by atoms with Crippen LogP contribution in [-0.4, -0.2) is 16.1 Å². The maximum absolute atomic E-state index is 7.02. The standard InChI is InChI=1S/C17H27N3O/c1-13(14-7-9-15(19-18)10-8-14)21-20-16(2,3)11-6-12-17(20,4)5/h7-10,13,18H,6,11-12H2,1-5H3. The van der Waals surface area contributed by atoms with Crippen molar-refractivity contribution in [1.82, 2.24) is 5.06 Å². The number of hydrogen-bond acceptors (Lipinski definition) is 4. The van der Waals surface area contributed by atoms with Crippen LogP contribution in [0.2, 0.25) is 0 Å². The summed E-state index contributed by atoms with van der Waals surface area (Å²) < 4.78 is 0. The largest absolute Gasteiger partial charge is 0.290 e. The van der Waals surface area contributed by atoms with Gasteiger partial charge >= 0.3 is 0 Å².